The number of rotatable bonds is 6. The predicted octanol–water partition coefficient (Wildman–Crippen LogP) is 3.26. The second-order valence-electron chi connectivity index (χ2n) is 7.02. The van der Waals surface area contributed by atoms with Crippen LogP contribution in [0.25, 0.3) is 0 Å². The first-order valence-corrected chi connectivity index (χ1v) is 10.6. The maximum absolute atomic E-state index is 12.7. The van der Waals surface area contributed by atoms with Gasteiger partial charge in [-0.25, -0.2) is 13.1 Å². The summed E-state index contributed by atoms with van der Waals surface area (Å²) in [6, 6.07) is 7.27. The molecule has 26 heavy (non-hydrogen) atoms. The van der Waals surface area contributed by atoms with Crippen molar-refractivity contribution in [1.29, 1.82) is 0 Å². The van der Waals surface area contributed by atoms with E-state index in [0.29, 0.717) is 6.42 Å². The monoisotopic (exact) mass is 396 g/mol. The standard InChI is InChI=1S/C17H24N4O3S2/c1-6-13(12-10-8-7-9-11(12)2)21-26(23,24)16-20-19-15(25-16)18-14(22)17(3,4)5/h7-10,13,21H,6H2,1-5H3,(H,18,19,22)/t13-/m1/s1. The van der Waals surface area contributed by atoms with Crippen molar-refractivity contribution in [2.24, 2.45) is 5.41 Å². The fourth-order valence-corrected chi connectivity index (χ4v) is 4.45. The molecule has 0 unspecified atom stereocenters. The fraction of sp³-hybridized carbons (Fsp3) is 0.471. The van der Waals surface area contributed by atoms with Crippen LogP contribution in [0, 0.1) is 12.3 Å². The van der Waals surface area contributed by atoms with Gasteiger partial charge in [-0.3, -0.25) is 4.79 Å². The molecule has 0 bridgehead atoms. The smallest absolute Gasteiger partial charge is 0.270 e. The fourth-order valence-electron chi connectivity index (χ4n) is 2.24. The van der Waals surface area contributed by atoms with E-state index in [1.165, 1.54) is 0 Å². The van der Waals surface area contributed by atoms with Crippen molar-refractivity contribution in [3.8, 4) is 0 Å². The van der Waals surface area contributed by atoms with Crippen molar-refractivity contribution in [2.45, 2.75) is 51.4 Å². The Balaban J connectivity index is 2.20. The lowest BCUT2D eigenvalue weighted by Gasteiger charge is -2.18. The van der Waals surface area contributed by atoms with Gasteiger partial charge in [0.05, 0.1) is 0 Å². The Morgan fingerprint density at radius 1 is 1.23 bits per heavy atom. The van der Waals surface area contributed by atoms with Crippen LogP contribution in [0.15, 0.2) is 28.6 Å². The first kappa shape index (κ1) is 20.5. The number of aromatic nitrogens is 2. The zero-order valence-electron chi connectivity index (χ0n) is 15.5. The van der Waals surface area contributed by atoms with Crippen molar-refractivity contribution < 1.29 is 13.2 Å². The van der Waals surface area contributed by atoms with Crippen molar-refractivity contribution in [2.75, 3.05) is 5.32 Å². The molecule has 0 aliphatic heterocycles. The van der Waals surface area contributed by atoms with Crippen LogP contribution in [0.4, 0.5) is 5.13 Å². The molecule has 0 radical (unpaired) electrons. The van der Waals surface area contributed by atoms with Gasteiger partial charge >= 0.3 is 0 Å². The Kier molecular flexibility index (Phi) is 6.15. The van der Waals surface area contributed by atoms with Crippen LogP contribution in [0.2, 0.25) is 0 Å². The van der Waals surface area contributed by atoms with Crippen LogP contribution < -0.4 is 10.0 Å². The molecule has 7 nitrogen and oxygen atoms in total. The summed E-state index contributed by atoms with van der Waals surface area (Å²) in [5.41, 5.74) is 1.32. The zero-order chi connectivity index (χ0) is 19.5. The van der Waals surface area contributed by atoms with Crippen molar-refractivity contribution in [3.63, 3.8) is 0 Å². The first-order chi connectivity index (χ1) is 12.0. The van der Waals surface area contributed by atoms with Crippen LogP contribution in [-0.4, -0.2) is 24.5 Å². The third kappa shape index (κ3) is 4.87. The molecular formula is C17H24N4O3S2. The minimum atomic E-state index is -3.84. The Labute approximate surface area is 158 Å². The minimum Gasteiger partial charge on any atom is -0.300 e. The van der Waals surface area contributed by atoms with E-state index < -0.39 is 15.4 Å². The number of anilines is 1. The molecule has 1 aromatic heterocycles. The van der Waals surface area contributed by atoms with Gasteiger partial charge in [0.1, 0.15) is 0 Å². The normalized spacial score (nSPS) is 13.4. The zero-order valence-corrected chi connectivity index (χ0v) is 17.2. The van der Waals surface area contributed by atoms with Gasteiger partial charge in [-0.05, 0) is 24.5 Å². The molecule has 2 rings (SSSR count). The molecule has 1 amide bonds. The summed E-state index contributed by atoms with van der Waals surface area (Å²) < 4.78 is 27.8. The van der Waals surface area contributed by atoms with Gasteiger partial charge < -0.3 is 5.32 Å². The lowest BCUT2D eigenvalue weighted by molar-refractivity contribution is -0.123. The highest BCUT2D eigenvalue weighted by Crippen LogP contribution is 2.26. The Morgan fingerprint density at radius 3 is 2.46 bits per heavy atom. The van der Waals surface area contributed by atoms with Crippen LogP contribution >= 0.6 is 11.3 Å². The lowest BCUT2D eigenvalue weighted by Crippen LogP contribution is -2.28. The second-order valence-corrected chi connectivity index (χ2v) is 9.88. The molecule has 1 atom stereocenters. The number of nitrogens with zero attached hydrogens (tertiary/aromatic N) is 2. The highest BCUT2D eigenvalue weighted by molar-refractivity contribution is 7.91. The molecule has 0 saturated carbocycles. The van der Waals surface area contributed by atoms with Gasteiger partial charge in [-0.2, -0.15) is 0 Å². The van der Waals surface area contributed by atoms with E-state index in [0.717, 1.165) is 22.5 Å². The van der Waals surface area contributed by atoms with Crippen molar-refractivity contribution in [3.05, 3.63) is 35.4 Å². The molecule has 1 aromatic carbocycles. The van der Waals surface area contributed by atoms with Gasteiger partial charge in [0, 0.05) is 11.5 Å². The first-order valence-electron chi connectivity index (χ1n) is 8.27. The summed E-state index contributed by atoms with van der Waals surface area (Å²) in [5, 5.41) is 10.3. The molecule has 9 heteroatoms. The SMILES string of the molecule is CC[C@@H](NS(=O)(=O)c1nnc(NC(=O)C(C)(C)C)s1)c1ccccc1C. The Morgan fingerprint density at radius 2 is 1.88 bits per heavy atom. The van der Waals surface area contributed by atoms with E-state index in [1.807, 2.05) is 38.1 Å². The Hall–Kier alpha value is -1.84. The third-order valence-corrected chi connectivity index (χ3v) is 6.49. The van der Waals surface area contributed by atoms with Gasteiger partial charge in [0.15, 0.2) is 0 Å². The van der Waals surface area contributed by atoms with Crippen LogP contribution in [0.1, 0.15) is 51.3 Å². The maximum Gasteiger partial charge on any atom is 0.270 e. The molecule has 0 aliphatic rings. The number of nitrogens with one attached hydrogen (secondary N) is 2. The van der Waals surface area contributed by atoms with Crippen molar-refractivity contribution >= 4 is 32.4 Å². The highest BCUT2D eigenvalue weighted by Gasteiger charge is 2.27. The topological polar surface area (TPSA) is 101 Å². The average Bonchev–Trinajstić information content (AvgIpc) is 3.02. The van der Waals surface area contributed by atoms with E-state index in [2.05, 4.69) is 20.2 Å². The number of sulfonamides is 1. The summed E-state index contributed by atoms with van der Waals surface area (Å²) >= 11 is 0.831. The minimum absolute atomic E-state index is 0.161. The third-order valence-electron chi connectivity index (χ3n) is 3.81. The number of aryl methyl sites for hydroxylation is 1. The molecule has 142 valence electrons. The maximum atomic E-state index is 12.7. The van der Waals surface area contributed by atoms with E-state index >= 15 is 0 Å². The largest absolute Gasteiger partial charge is 0.300 e. The molecule has 2 N–H and O–H groups in total. The van der Waals surface area contributed by atoms with Crippen LogP contribution in [0.5, 0.6) is 0 Å². The highest BCUT2D eigenvalue weighted by atomic mass is 32.2. The second kappa shape index (κ2) is 7.81. The quantitative estimate of drug-likeness (QED) is 0.730. The van der Waals surface area contributed by atoms with Gasteiger partial charge in [0.25, 0.3) is 10.0 Å². The van der Waals surface area contributed by atoms with Crippen molar-refractivity contribution in [1.82, 2.24) is 14.9 Å². The Bertz CT molecular complexity index is 885. The van der Waals surface area contributed by atoms with Crippen LogP contribution in [-0.2, 0) is 14.8 Å². The van der Waals surface area contributed by atoms with Gasteiger partial charge in [-0.1, -0.05) is 63.3 Å². The summed E-state index contributed by atoms with van der Waals surface area (Å²) in [7, 11) is -3.84. The van der Waals surface area contributed by atoms with E-state index in [-0.39, 0.29) is 21.4 Å². The number of hydrogen-bond donors (Lipinski definition) is 2. The number of benzene rings is 1. The van der Waals surface area contributed by atoms with E-state index in [1.54, 1.807) is 20.8 Å². The molecule has 2 aromatic rings. The van der Waals surface area contributed by atoms with E-state index in [4.69, 9.17) is 0 Å². The number of hydrogen-bond acceptors (Lipinski definition) is 6. The number of carbonyl (C=O) groups is 1. The number of carbonyl (C=O) groups excluding carboxylic acids is 1. The molecule has 0 saturated heterocycles. The molecule has 0 spiro atoms. The number of amides is 1. The molecule has 1 heterocycles. The predicted molar refractivity (Wildman–Crippen MR) is 103 cm³/mol. The lowest BCUT2D eigenvalue weighted by atomic mass is 9.96. The summed E-state index contributed by atoms with van der Waals surface area (Å²) in [4.78, 5) is 12.0. The van der Waals surface area contributed by atoms with E-state index in [9.17, 15) is 13.2 Å². The van der Waals surface area contributed by atoms with Gasteiger partial charge in [-0.15, -0.1) is 10.2 Å². The van der Waals surface area contributed by atoms with Crippen LogP contribution in [0.3, 0.4) is 0 Å². The molecule has 0 aliphatic carbocycles. The molecule has 0 fully saturated rings. The average molecular weight is 397 g/mol. The van der Waals surface area contributed by atoms with Gasteiger partial charge in [0.2, 0.25) is 15.4 Å². The summed E-state index contributed by atoms with van der Waals surface area (Å²) in [5.74, 6) is -0.253. The molecular weight excluding hydrogens is 372 g/mol. The summed E-state index contributed by atoms with van der Waals surface area (Å²) in [6.07, 6.45) is 0.594. The summed E-state index contributed by atoms with van der Waals surface area (Å²) in [6.45, 7) is 9.13.